The number of rotatable bonds is 3. The Balaban J connectivity index is 2.97. The van der Waals surface area contributed by atoms with Crippen LogP contribution in [0.15, 0.2) is 11.1 Å². The van der Waals surface area contributed by atoms with Gasteiger partial charge in [-0.1, -0.05) is 31.5 Å². The summed E-state index contributed by atoms with van der Waals surface area (Å²) in [4.78, 5) is 10.7. The number of hydrogen-bond donors (Lipinski definition) is 1. The minimum absolute atomic E-state index is 0.494. The Bertz CT molecular complexity index is 400. The molecular weight excluding hydrogens is 283 g/mol. The topological polar surface area (TPSA) is 37.3 Å². The van der Waals surface area contributed by atoms with Crippen molar-refractivity contribution in [3.05, 3.63) is 11.1 Å². The summed E-state index contributed by atoms with van der Waals surface area (Å²) in [5.74, 6) is -8.34. The molecule has 0 aromatic carbocycles. The van der Waals surface area contributed by atoms with Gasteiger partial charge >= 0.3 is 18.1 Å². The molecule has 1 rings (SSSR count). The molecule has 0 saturated heterocycles. The van der Waals surface area contributed by atoms with Crippen LogP contribution in [0.1, 0.15) is 13.8 Å². The number of carboxylic acid groups (broad SMARTS) is 1. The molecule has 1 aliphatic rings. The van der Waals surface area contributed by atoms with E-state index in [4.69, 9.17) is 16.7 Å². The van der Waals surface area contributed by atoms with E-state index in [-0.39, 0.29) is 0 Å². The van der Waals surface area contributed by atoms with Crippen LogP contribution in [0.25, 0.3) is 0 Å². The first-order valence-electron chi connectivity index (χ1n) is 4.88. The Morgan fingerprint density at radius 3 is 2.00 bits per heavy atom. The average molecular weight is 293 g/mol. The minimum atomic E-state index is -5.79. The third kappa shape index (κ3) is 2.32. The average Bonchev–Trinajstić information content (AvgIpc) is 2.65. The minimum Gasteiger partial charge on any atom is -0.481 e. The highest BCUT2D eigenvalue weighted by atomic mass is 35.5. The Labute approximate surface area is 104 Å². The maximum absolute atomic E-state index is 12.8. The fourth-order valence-electron chi connectivity index (χ4n) is 1.86. The highest BCUT2D eigenvalue weighted by Crippen LogP contribution is 2.60. The number of halogens is 6. The van der Waals surface area contributed by atoms with Crippen molar-refractivity contribution in [3.8, 4) is 0 Å². The van der Waals surface area contributed by atoms with Crippen LogP contribution < -0.4 is 0 Å². The van der Waals surface area contributed by atoms with E-state index in [1.165, 1.54) is 13.8 Å². The summed E-state index contributed by atoms with van der Waals surface area (Å²) in [5, 5.41) is 7.07. The second-order valence-corrected chi connectivity index (χ2v) is 5.16. The molecule has 1 aliphatic carbocycles. The second-order valence-electron chi connectivity index (χ2n) is 4.75. The highest BCUT2D eigenvalue weighted by molar-refractivity contribution is 6.30. The van der Waals surface area contributed by atoms with Gasteiger partial charge in [-0.05, 0) is 11.3 Å². The molecule has 1 N–H and O–H groups in total. The summed E-state index contributed by atoms with van der Waals surface area (Å²) in [6, 6.07) is 0. The smallest absolute Gasteiger partial charge is 0.459 e. The number of carboxylic acids is 1. The maximum Gasteiger partial charge on any atom is 0.459 e. The quantitative estimate of drug-likeness (QED) is 0.806. The van der Waals surface area contributed by atoms with Gasteiger partial charge in [-0.25, -0.2) is 0 Å². The monoisotopic (exact) mass is 292 g/mol. The third-order valence-corrected chi connectivity index (χ3v) is 3.52. The number of aliphatic carboxylic acids is 1. The van der Waals surface area contributed by atoms with Crippen LogP contribution >= 0.6 is 11.6 Å². The zero-order valence-electron chi connectivity index (χ0n) is 9.36. The molecule has 0 bridgehead atoms. The van der Waals surface area contributed by atoms with Crippen molar-refractivity contribution in [2.75, 3.05) is 0 Å². The zero-order chi connectivity index (χ0) is 14.5. The van der Waals surface area contributed by atoms with Gasteiger partial charge in [0.1, 0.15) is 0 Å². The Morgan fingerprint density at radius 2 is 1.72 bits per heavy atom. The number of alkyl halides is 5. The van der Waals surface area contributed by atoms with Gasteiger partial charge in [-0.2, -0.15) is 22.0 Å². The van der Waals surface area contributed by atoms with Crippen molar-refractivity contribution in [1.29, 1.82) is 0 Å². The summed E-state index contributed by atoms with van der Waals surface area (Å²) >= 11 is 4.99. The second kappa shape index (κ2) is 4.08. The first-order valence-corrected chi connectivity index (χ1v) is 5.26. The van der Waals surface area contributed by atoms with Crippen LogP contribution in [0, 0.1) is 17.3 Å². The number of hydrogen-bond acceptors (Lipinski definition) is 1. The van der Waals surface area contributed by atoms with E-state index in [2.05, 4.69) is 0 Å². The lowest BCUT2D eigenvalue weighted by molar-refractivity contribution is -0.261. The molecule has 104 valence electrons. The first kappa shape index (κ1) is 15.2. The molecule has 0 heterocycles. The molecule has 1 saturated carbocycles. The van der Waals surface area contributed by atoms with E-state index in [0.29, 0.717) is 6.08 Å². The van der Waals surface area contributed by atoms with Crippen molar-refractivity contribution < 1.29 is 31.9 Å². The molecule has 0 spiro atoms. The molecule has 18 heavy (non-hydrogen) atoms. The maximum atomic E-state index is 12.8. The van der Waals surface area contributed by atoms with E-state index >= 15 is 0 Å². The van der Waals surface area contributed by atoms with Gasteiger partial charge in [-0.3, -0.25) is 4.79 Å². The molecule has 0 radical (unpaired) electrons. The highest BCUT2D eigenvalue weighted by Gasteiger charge is 2.64. The molecule has 0 amide bonds. The molecular formula is C10H10ClF5O2. The third-order valence-electron chi connectivity index (χ3n) is 3.16. The lowest BCUT2D eigenvalue weighted by atomic mass is 10.1. The summed E-state index contributed by atoms with van der Waals surface area (Å²) < 4.78 is 61.7. The molecule has 8 heteroatoms. The van der Waals surface area contributed by atoms with E-state index < -0.39 is 40.4 Å². The van der Waals surface area contributed by atoms with Crippen molar-refractivity contribution in [3.63, 3.8) is 0 Å². The normalized spacial score (nSPS) is 28.1. The van der Waals surface area contributed by atoms with Crippen molar-refractivity contribution in [2.24, 2.45) is 17.3 Å². The van der Waals surface area contributed by atoms with Crippen LogP contribution in [-0.2, 0) is 4.79 Å². The largest absolute Gasteiger partial charge is 0.481 e. The van der Waals surface area contributed by atoms with Gasteiger partial charge in [0.25, 0.3) is 0 Å². The number of carbonyl (C=O) groups is 1. The molecule has 2 nitrogen and oxygen atoms in total. The van der Waals surface area contributed by atoms with Gasteiger partial charge in [0.05, 0.1) is 11.0 Å². The number of allylic oxidation sites excluding steroid dienone is 2. The van der Waals surface area contributed by atoms with Crippen LogP contribution in [0.4, 0.5) is 22.0 Å². The van der Waals surface area contributed by atoms with Crippen LogP contribution in [0.2, 0.25) is 0 Å². The summed E-state index contributed by atoms with van der Waals surface area (Å²) in [5.41, 5.74) is -0.881. The van der Waals surface area contributed by atoms with Gasteiger partial charge in [0.15, 0.2) is 0 Å². The van der Waals surface area contributed by atoms with Crippen molar-refractivity contribution in [2.45, 2.75) is 25.9 Å². The molecule has 0 aromatic heterocycles. The lowest BCUT2D eigenvalue weighted by Crippen LogP contribution is -2.36. The Morgan fingerprint density at radius 1 is 1.28 bits per heavy atom. The van der Waals surface area contributed by atoms with Crippen LogP contribution in [-0.4, -0.2) is 23.2 Å². The summed E-state index contributed by atoms with van der Waals surface area (Å²) in [6.07, 6.45) is -5.30. The van der Waals surface area contributed by atoms with Crippen LogP contribution in [0.5, 0.6) is 0 Å². The zero-order valence-corrected chi connectivity index (χ0v) is 10.1. The SMILES string of the molecule is CC1(C)[C@H](C=C(Cl)C(F)(F)C(F)(F)F)[C@@H]1C(=O)O. The van der Waals surface area contributed by atoms with Gasteiger partial charge in [0, 0.05) is 0 Å². The fraction of sp³-hybridized carbons (Fsp3) is 0.700. The predicted molar refractivity (Wildman–Crippen MR) is 53.3 cm³/mol. The van der Waals surface area contributed by atoms with E-state index in [9.17, 15) is 26.7 Å². The standard InChI is InChI=1S/C10H10ClF5O2/c1-8(2)4(6(8)7(17)18)3-5(11)9(12,13)10(14,15)16/h3-4,6H,1-2H3,(H,17,18)/t4-,6-/m1/s1. The predicted octanol–water partition coefficient (Wildman–Crippen LogP) is 3.66. The van der Waals surface area contributed by atoms with Gasteiger partial charge < -0.3 is 5.11 Å². The van der Waals surface area contributed by atoms with Gasteiger partial charge in [-0.15, -0.1) is 0 Å². The Kier molecular flexibility index (Phi) is 3.45. The summed E-state index contributed by atoms with van der Waals surface area (Å²) in [6.45, 7) is 2.92. The van der Waals surface area contributed by atoms with Gasteiger partial charge in [0.2, 0.25) is 0 Å². The first-order chi connectivity index (χ1) is 7.83. The molecule has 0 aromatic rings. The lowest BCUT2D eigenvalue weighted by Gasteiger charge is -2.18. The van der Waals surface area contributed by atoms with Crippen molar-refractivity contribution in [1.82, 2.24) is 0 Å². The van der Waals surface area contributed by atoms with E-state index in [1.807, 2.05) is 0 Å². The van der Waals surface area contributed by atoms with Crippen LogP contribution in [0.3, 0.4) is 0 Å². The van der Waals surface area contributed by atoms with E-state index in [1.54, 1.807) is 0 Å². The fourth-order valence-corrected chi connectivity index (χ4v) is 2.10. The summed E-state index contributed by atoms with van der Waals surface area (Å²) in [7, 11) is 0. The molecule has 0 aliphatic heterocycles. The Hall–Kier alpha value is -0.850. The molecule has 2 atom stereocenters. The van der Waals surface area contributed by atoms with E-state index in [0.717, 1.165) is 0 Å². The molecule has 1 fully saturated rings. The molecule has 0 unspecified atom stereocenters. The van der Waals surface area contributed by atoms with Crippen molar-refractivity contribution >= 4 is 17.6 Å².